The number of methoxy groups -OCH3 is 1. The first-order valence-electron chi connectivity index (χ1n) is 12.2. The van der Waals surface area contributed by atoms with Gasteiger partial charge in [0.1, 0.15) is 11.4 Å². The van der Waals surface area contributed by atoms with E-state index in [9.17, 15) is 27.2 Å². The summed E-state index contributed by atoms with van der Waals surface area (Å²) in [4.78, 5) is 26.7. The fourth-order valence-electron chi connectivity index (χ4n) is 4.57. The standard InChI is InChI=1S/C27H28F4N4O3/c1-17(20-8-10-21(11-9-20)26(37)38-2)32-24(36)22-23(27(29,30)31)33-35-14-13-34(25(22)35)16-19-6-3-5-18(15-19)7-4-12-28/h3,5-6,8-11,15,17H,4,7,12-14,16H2,1-2H3,(H,32,36)/t17-/m0/s1. The second kappa shape index (κ2) is 11.2. The average Bonchev–Trinajstić information content (AvgIpc) is 3.47. The summed E-state index contributed by atoms with van der Waals surface area (Å²) >= 11 is 0. The number of carbonyl (C=O) groups excluding carboxylic acids is 2. The van der Waals surface area contributed by atoms with Gasteiger partial charge in [-0.15, -0.1) is 0 Å². The first-order valence-corrected chi connectivity index (χ1v) is 12.2. The van der Waals surface area contributed by atoms with Gasteiger partial charge in [-0.3, -0.25) is 9.18 Å². The topological polar surface area (TPSA) is 76.5 Å². The lowest BCUT2D eigenvalue weighted by molar-refractivity contribution is -0.141. The summed E-state index contributed by atoms with van der Waals surface area (Å²) in [6.07, 6.45) is -3.87. The molecular formula is C27H28F4N4O3. The fourth-order valence-corrected chi connectivity index (χ4v) is 4.57. The zero-order valence-corrected chi connectivity index (χ0v) is 21.0. The number of hydrogen-bond donors (Lipinski definition) is 1. The SMILES string of the molecule is COC(=O)c1ccc([C@H](C)NC(=O)c2c(C(F)(F)F)nn3c2N(Cc2cccc(CCCF)c2)CC3)cc1. The number of amides is 1. The summed E-state index contributed by atoms with van der Waals surface area (Å²) in [7, 11) is 1.26. The van der Waals surface area contributed by atoms with Crippen molar-refractivity contribution >= 4 is 17.7 Å². The summed E-state index contributed by atoms with van der Waals surface area (Å²) in [5, 5.41) is 6.40. The summed E-state index contributed by atoms with van der Waals surface area (Å²) in [6.45, 7) is 2.08. The largest absolute Gasteiger partial charge is 0.465 e. The van der Waals surface area contributed by atoms with Gasteiger partial charge in [0.2, 0.25) is 0 Å². The summed E-state index contributed by atoms with van der Waals surface area (Å²) in [5.74, 6) is -1.31. The lowest BCUT2D eigenvalue weighted by Gasteiger charge is -2.21. The summed E-state index contributed by atoms with van der Waals surface area (Å²) in [6, 6.07) is 13.1. The summed E-state index contributed by atoms with van der Waals surface area (Å²) < 4.78 is 60.3. The summed E-state index contributed by atoms with van der Waals surface area (Å²) in [5.41, 5.74) is 0.934. The lowest BCUT2D eigenvalue weighted by Crippen LogP contribution is -2.31. The van der Waals surface area contributed by atoms with Crippen LogP contribution in [0, 0.1) is 0 Å². The molecule has 1 aromatic heterocycles. The second-order valence-corrected chi connectivity index (χ2v) is 9.11. The van der Waals surface area contributed by atoms with Gasteiger partial charge in [0.25, 0.3) is 5.91 Å². The number of alkyl halides is 4. The van der Waals surface area contributed by atoms with Crippen molar-refractivity contribution in [2.24, 2.45) is 0 Å². The highest BCUT2D eigenvalue weighted by Gasteiger charge is 2.44. The van der Waals surface area contributed by atoms with Crippen LogP contribution < -0.4 is 10.2 Å². The molecular weight excluding hydrogens is 504 g/mol. The highest BCUT2D eigenvalue weighted by Crippen LogP contribution is 2.38. The number of nitrogens with one attached hydrogen (secondary N) is 1. The molecule has 3 aromatic rings. The molecule has 1 aliphatic heterocycles. The first-order chi connectivity index (χ1) is 18.1. The molecule has 1 N–H and O–H groups in total. The van der Waals surface area contributed by atoms with Crippen molar-refractivity contribution in [2.75, 3.05) is 25.2 Å². The molecule has 2 aromatic carbocycles. The maximum Gasteiger partial charge on any atom is 0.436 e. The lowest BCUT2D eigenvalue weighted by atomic mass is 10.0. The van der Waals surface area contributed by atoms with E-state index in [0.717, 1.165) is 11.1 Å². The molecule has 0 unspecified atom stereocenters. The van der Waals surface area contributed by atoms with Crippen LogP contribution in [-0.2, 0) is 30.4 Å². The Labute approximate surface area is 217 Å². The van der Waals surface area contributed by atoms with Crippen molar-refractivity contribution in [1.82, 2.24) is 15.1 Å². The van der Waals surface area contributed by atoms with Gasteiger partial charge in [0.05, 0.1) is 31.9 Å². The minimum atomic E-state index is -4.83. The second-order valence-electron chi connectivity index (χ2n) is 9.11. The van der Waals surface area contributed by atoms with Crippen molar-refractivity contribution in [3.63, 3.8) is 0 Å². The number of carbonyl (C=O) groups is 2. The number of benzene rings is 2. The molecule has 0 radical (unpaired) electrons. The van der Waals surface area contributed by atoms with E-state index in [-0.39, 0.29) is 18.9 Å². The molecule has 0 saturated heterocycles. The average molecular weight is 533 g/mol. The number of esters is 1. The van der Waals surface area contributed by atoms with Crippen molar-refractivity contribution in [3.8, 4) is 0 Å². The van der Waals surface area contributed by atoms with Crippen LogP contribution in [0.15, 0.2) is 48.5 Å². The van der Waals surface area contributed by atoms with E-state index in [2.05, 4.69) is 15.2 Å². The monoisotopic (exact) mass is 532 g/mol. The van der Waals surface area contributed by atoms with E-state index in [1.807, 2.05) is 24.3 Å². The molecule has 0 spiro atoms. The number of fused-ring (bicyclic) bond motifs is 1. The van der Waals surface area contributed by atoms with E-state index in [0.29, 0.717) is 30.5 Å². The van der Waals surface area contributed by atoms with Crippen molar-refractivity contribution < 1.29 is 31.9 Å². The highest BCUT2D eigenvalue weighted by molar-refractivity contribution is 6.01. The van der Waals surface area contributed by atoms with Crippen LogP contribution in [0.3, 0.4) is 0 Å². The third kappa shape index (κ3) is 5.81. The number of aryl methyl sites for hydroxylation is 1. The van der Waals surface area contributed by atoms with Crippen LogP contribution >= 0.6 is 0 Å². The Morgan fingerprint density at radius 3 is 2.47 bits per heavy atom. The van der Waals surface area contributed by atoms with Gasteiger partial charge >= 0.3 is 12.1 Å². The Balaban J connectivity index is 1.60. The molecule has 1 atom stereocenters. The Hall–Kier alpha value is -3.89. The van der Waals surface area contributed by atoms with Gasteiger partial charge in [0, 0.05) is 13.1 Å². The minimum Gasteiger partial charge on any atom is -0.465 e. The van der Waals surface area contributed by atoms with Gasteiger partial charge < -0.3 is 15.0 Å². The highest BCUT2D eigenvalue weighted by atomic mass is 19.4. The van der Waals surface area contributed by atoms with Gasteiger partial charge in [-0.05, 0) is 48.6 Å². The Morgan fingerprint density at radius 1 is 1.11 bits per heavy atom. The quantitative estimate of drug-likeness (QED) is 0.307. The molecule has 4 rings (SSSR count). The number of hydrogen-bond acceptors (Lipinski definition) is 5. The molecule has 0 fully saturated rings. The van der Waals surface area contributed by atoms with E-state index in [1.54, 1.807) is 24.0 Å². The van der Waals surface area contributed by atoms with E-state index >= 15 is 0 Å². The predicted octanol–water partition coefficient (Wildman–Crippen LogP) is 5.10. The zero-order chi connectivity index (χ0) is 27.4. The number of ether oxygens (including phenoxy) is 1. The molecule has 1 aliphatic rings. The van der Waals surface area contributed by atoms with Crippen LogP contribution in [0.5, 0.6) is 0 Å². The van der Waals surface area contributed by atoms with Gasteiger partial charge in [-0.2, -0.15) is 18.3 Å². The molecule has 0 bridgehead atoms. The third-order valence-corrected chi connectivity index (χ3v) is 6.45. The number of rotatable bonds is 9. The van der Waals surface area contributed by atoms with Crippen molar-refractivity contribution in [2.45, 2.75) is 45.1 Å². The Morgan fingerprint density at radius 2 is 1.82 bits per heavy atom. The normalized spacial score (nSPS) is 13.8. The number of nitrogens with zero attached hydrogens (tertiary/aromatic N) is 3. The van der Waals surface area contributed by atoms with Crippen molar-refractivity contribution in [3.05, 3.63) is 82.0 Å². The molecule has 0 aliphatic carbocycles. The zero-order valence-electron chi connectivity index (χ0n) is 21.0. The van der Waals surface area contributed by atoms with Gasteiger partial charge in [0.15, 0.2) is 5.69 Å². The van der Waals surface area contributed by atoms with Crippen LogP contribution in [0.4, 0.5) is 23.4 Å². The minimum absolute atomic E-state index is 0.109. The number of anilines is 1. The molecule has 0 saturated carbocycles. The fraction of sp³-hybridized carbons (Fsp3) is 0.370. The molecule has 7 nitrogen and oxygen atoms in total. The third-order valence-electron chi connectivity index (χ3n) is 6.45. The van der Waals surface area contributed by atoms with Gasteiger partial charge in [-0.1, -0.05) is 36.4 Å². The van der Waals surface area contributed by atoms with Crippen LogP contribution in [0.25, 0.3) is 0 Å². The van der Waals surface area contributed by atoms with E-state index in [1.165, 1.54) is 23.9 Å². The maximum atomic E-state index is 14.0. The number of aromatic nitrogens is 2. The Kier molecular flexibility index (Phi) is 8.03. The smallest absolute Gasteiger partial charge is 0.436 e. The molecule has 202 valence electrons. The maximum absolute atomic E-state index is 14.0. The van der Waals surface area contributed by atoms with Crippen LogP contribution in [0.2, 0.25) is 0 Å². The number of halogens is 4. The first kappa shape index (κ1) is 27.2. The molecule has 1 amide bonds. The molecule has 11 heteroatoms. The van der Waals surface area contributed by atoms with E-state index < -0.39 is 42.0 Å². The molecule has 2 heterocycles. The Bertz CT molecular complexity index is 1300. The predicted molar refractivity (Wildman–Crippen MR) is 133 cm³/mol. The molecule has 38 heavy (non-hydrogen) atoms. The van der Waals surface area contributed by atoms with Crippen LogP contribution in [0.1, 0.15) is 62.5 Å². The van der Waals surface area contributed by atoms with Gasteiger partial charge in [-0.25, -0.2) is 9.48 Å². The van der Waals surface area contributed by atoms with E-state index in [4.69, 9.17) is 0 Å². The van der Waals surface area contributed by atoms with Crippen LogP contribution in [-0.4, -0.2) is 42.0 Å². The van der Waals surface area contributed by atoms with Crippen molar-refractivity contribution in [1.29, 1.82) is 0 Å².